The second-order valence-corrected chi connectivity index (χ2v) is 3.58. The summed E-state index contributed by atoms with van der Waals surface area (Å²) in [6, 6.07) is 9.93. The van der Waals surface area contributed by atoms with Gasteiger partial charge in [-0.1, -0.05) is 23.8 Å². The Kier molecular flexibility index (Phi) is 3.44. The van der Waals surface area contributed by atoms with Crippen LogP contribution in [0.5, 0.6) is 5.75 Å². The van der Waals surface area contributed by atoms with Crippen molar-refractivity contribution in [1.82, 2.24) is 0 Å². The standard InChI is InChI=1S/C14H14O2/c1-12-4-6-14(7-5-12)16-9-2-3-13-8-10-15-11-13/h2-8,10-11H,9H2,1H3. The Morgan fingerprint density at radius 3 is 2.69 bits per heavy atom. The van der Waals surface area contributed by atoms with E-state index in [0.29, 0.717) is 6.61 Å². The molecule has 0 saturated heterocycles. The van der Waals surface area contributed by atoms with Crippen LogP contribution in [-0.4, -0.2) is 6.61 Å². The fraction of sp³-hybridized carbons (Fsp3) is 0.143. The summed E-state index contributed by atoms with van der Waals surface area (Å²) in [6.45, 7) is 2.62. The smallest absolute Gasteiger partial charge is 0.119 e. The molecule has 0 amide bonds. The summed E-state index contributed by atoms with van der Waals surface area (Å²) in [5.74, 6) is 0.891. The van der Waals surface area contributed by atoms with E-state index in [9.17, 15) is 0 Å². The summed E-state index contributed by atoms with van der Waals surface area (Å²) in [5, 5.41) is 0. The molecule has 1 aromatic carbocycles. The van der Waals surface area contributed by atoms with Crippen molar-refractivity contribution in [3.05, 3.63) is 60.1 Å². The summed E-state index contributed by atoms with van der Waals surface area (Å²) < 4.78 is 10.5. The van der Waals surface area contributed by atoms with Gasteiger partial charge in [0.2, 0.25) is 0 Å². The average Bonchev–Trinajstić information content (AvgIpc) is 2.80. The second-order valence-electron chi connectivity index (χ2n) is 3.58. The molecule has 2 heteroatoms. The minimum atomic E-state index is 0.564. The van der Waals surface area contributed by atoms with Gasteiger partial charge in [-0.3, -0.25) is 0 Å². The highest BCUT2D eigenvalue weighted by atomic mass is 16.5. The third-order valence-electron chi connectivity index (χ3n) is 2.22. The van der Waals surface area contributed by atoms with Crippen molar-refractivity contribution < 1.29 is 9.15 Å². The Bertz CT molecular complexity index is 438. The van der Waals surface area contributed by atoms with Crippen molar-refractivity contribution in [1.29, 1.82) is 0 Å². The molecule has 0 atom stereocenters. The largest absolute Gasteiger partial charge is 0.490 e. The zero-order valence-electron chi connectivity index (χ0n) is 9.22. The summed E-state index contributed by atoms with van der Waals surface area (Å²) in [7, 11) is 0. The number of hydrogen-bond donors (Lipinski definition) is 0. The van der Waals surface area contributed by atoms with E-state index in [1.165, 1.54) is 5.56 Å². The molecule has 0 unspecified atom stereocenters. The molecule has 2 aromatic rings. The topological polar surface area (TPSA) is 22.4 Å². The van der Waals surface area contributed by atoms with Crippen LogP contribution < -0.4 is 4.74 Å². The van der Waals surface area contributed by atoms with Gasteiger partial charge in [-0.15, -0.1) is 0 Å². The van der Waals surface area contributed by atoms with Gasteiger partial charge in [-0.25, -0.2) is 0 Å². The van der Waals surface area contributed by atoms with Gasteiger partial charge in [0.15, 0.2) is 0 Å². The van der Waals surface area contributed by atoms with Crippen molar-refractivity contribution in [2.45, 2.75) is 6.92 Å². The molecule has 0 aliphatic carbocycles. The molecular weight excluding hydrogens is 200 g/mol. The van der Waals surface area contributed by atoms with E-state index in [2.05, 4.69) is 6.92 Å². The van der Waals surface area contributed by atoms with Gasteiger partial charge in [-0.2, -0.15) is 0 Å². The number of hydrogen-bond acceptors (Lipinski definition) is 2. The number of ether oxygens (including phenoxy) is 1. The first-order chi connectivity index (χ1) is 7.84. The molecule has 1 heterocycles. The van der Waals surface area contributed by atoms with Gasteiger partial charge in [0.1, 0.15) is 12.4 Å². The lowest BCUT2D eigenvalue weighted by atomic mass is 10.2. The van der Waals surface area contributed by atoms with Crippen LogP contribution in [0.25, 0.3) is 6.08 Å². The molecule has 0 aliphatic heterocycles. The zero-order chi connectivity index (χ0) is 11.2. The van der Waals surface area contributed by atoms with Crippen molar-refractivity contribution in [2.75, 3.05) is 6.61 Å². The second kappa shape index (κ2) is 5.21. The predicted octanol–water partition coefficient (Wildman–Crippen LogP) is 3.68. The minimum Gasteiger partial charge on any atom is -0.490 e. The molecule has 0 fully saturated rings. The molecule has 0 aliphatic rings. The molecule has 2 nitrogen and oxygen atoms in total. The maximum absolute atomic E-state index is 5.54. The quantitative estimate of drug-likeness (QED) is 0.774. The average molecular weight is 214 g/mol. The lowest BCUT2D eigenvalue weighted by molar-refractivity contribution is 0.363. The van der Waals surface area contributed by atoms with E-state index < -0.39 is 0 Å². The zero-order valence-corrected chi connectivity index (χ0v) is 9.22. The summed E-state index contributed by atoms with van der Waals surface area (Å²) in [6.07, 6.45) is 7.28. The Morgan fingerprint density at radius 2 is 2.00 bits per heavy atom. The molecule has 0 spiro atoms. The molecule has 2 rings (SSSR count). The van der Waals surface area contributed by atoms with Crippen LogP contribution in [0, 0.1) is 6.92 Å². The molecular formula is C14H14O2. The van der Waals surface area contributed by atoms with Crippen molar-refractivity contribution >= 4 is 6.08 Å². The minimum absolute atomic E-state index is 0.564. The fourth-order valence-electron chi connectivity index (χ4n) is 1.33. The Labute approximate surface area is 95.2 Å². The first-order valence-corrected chi connectivity index (χ1v) is 5.23. The van der Waals surface area contributed by atoms with E-state index in [1.807, 2.05) is 42.5 Å². The van der Waals surface area contributed by atoms with Crippen molar-refractivity contribution in [3.63, 3.8) is 0 Å². The molecule has 0 N–H and O–H groups in total. The SMILES string of the molecule is Cc1ccc(OCC=Cc2ccoc2)cc1. The summed E-state index contributed by atoms with van der Waals surface area (Å²) >= 11 is 0. The fourth-order valence-corrected chi connectivity index (χ4v) is 1.33. The maximum Gasteiger partial charge on any atom is 0.119 e. The summed E-state index contributed by atoms with van der Waals surface area (Å²) in [4.78, 5) is 0. The number of furan rings is 1. The Balaban J connectivity index is 1.82. The molecule has 0 radical (unpaired) electrons. The van der Waals surface area contributed by atoms with Gasteiger partial charge in [0.25, 0.3) is 0 Å². The Hall–Kier alpha value is -1.96. The predicted molar refractivity (Wildman–Crippen MR) is 64.4 cm³/mol. The van der Waals surface area contributed by atoms with E-state index in [0.717, 1.165) is 11.3 Å². The van der Waals surface area contributed by atoms with Gasteiger partial charge in [0.05, 0.1) is 12.5 Å². The highest BCUT2D eigenvalue weighted by molar-refractivity contribution is 5.46. The molecule has 1 aromatic heterocycles. The highest BCUT2D eigenvalue weighted by Crippen LogP contribution is 2.11. The number of benzene rings is 1. The van der Waals surface area contributed by atoms with Gasteiger partial charge in [0, 0.05) is 5.56 Å². The molecule has 82 valence electrons. The van der Waals surface area contributed by atoms with Crippen LogP contribution in [0.2, 0.25) is 0 Å². The van der Waals surface area contributed by atoms with Gasteiger partial charge >= 0.3 is 0 Å². The lowest BCUT2D eigenvalue weighted by Gasteiger charge is -2.02. The van der Waals surface area contributed by atoms with Crippen LogP contribution in [0.4, 0.5) is 0 Å². The van der Waals surface area contributed by atoms with E-state index in [4.69, 9.17) is 9.15 Å². The monoisotopic (exact) mass is 214 g/mol. The first kappa shape index (κ1) is 10.6. The van der Waals surface area contributed by atoms with Crippen LogP contribution in [0.15, 0.2) is 53.4 Å². The maximum atomic E-state index is 5.54. The Morgan fingerprint density at radius 1 is 1.19 bits per heavy atom. The number of rotatable bonds is 4. The third kappa shape index (κ3) is 3.02. The number of aryl methyl sites for hydroxylation is 1. The van der Waals surface area contributed by atoms with E-state index in [-0.39, 0.29) is 0 Å². The molecule has 0 saturated carbocycles. The summed E-state index contributed by atoms with van der Waals surface area (Å²) in [5.41, 5.74) is 2.29. The normalized spacial score (nSPS) is 10.8. The van der Waals surface area contributed by atoms with Crippen molar-refractivity contribution in [2.24, 2.45) is 0 Å². The molecule has 16 heavy (non-hydrogen) atoms. The van der Waals surface area contributed by atoms with Crippen LogP contribution in [0.1, 0.15) is 11.1 Å². The van der Waals surface area contributed by atoms with E-state index >= 15 is 0 Å². The molecule has 0 bridgehead atoms. The van der Waals surface area contributed by atoms with Gasteiger partial charge in [-0.05, 0) is 31.2 Å². The van der Waals surface area contributed by atoms with Gasteiger partial charge < -0.3 is 9.15 Å². The highest BCUT2D eigenvalue weighted by Gasteiger charge is 1.90. The van der Waals surface area contributed by atoms with Crippen molar-refractivity contribution in [3.8, 4) is 5.75 Å². The van der Waals surface area contributed by atoms with E-state index in [1.54, 1.807) is 12.5 Å². The lowest BCUT2D eigenvalue weighted by Crippen LogP contribution is -1.92. The van der Waals surface area contributed by atoms with Crippen LogP contribution in [0.3, 0.4) is 0 Å². The first-order valence-electron chi connectivity index (χ1n) is 5.23. The van der Waals surface area contributed by atoms with Crippen LogP contribution >= 0.6 is 0 Å². The third-order valence-corrected chi connectivity index (χ3v) is 2.22. The van der Waals surface area contributed by atoms with Crippen LogP contribution in [-0.2, 0) is 0 Å².